The number of rotatable bonds is 3. The number of hydrogen-bond acceptors (Lipinski definition) is 3. The van der Waals surface area contributed by atoms with Crippen LogP contribution in [0, 0.1) is 0 Å². The van der Waals surface area contributed by atoms with Crippen LogP contribution in [0.1, 0.15) is 43.6 Å². The van der Waals surface area contributed by atoms with E-state index in [1.807, 2.05) is 27.7 Å². The van der Waals surface area contributed by atoms with Crippen LogP contribution in [0.15, 0.2) is 42.5 Å². The molecule has 1 aliphatic heterocycles. The molecule has 1 N–H and O–H groups in total. The molecule has 0 unspecified atom stereocenters. The van der Waals surface area contributed by atoms with Crippen LogP contribution in [0.25, 0.3) is 0 Å². The number of alkyl halides is 3. The molecule has 1 heterocycles. The molecule has 154 valence electrons. The highest BCUT2D eigenvalue weighted by Crippen LogP contribution is 2.37. The summed E-state index contributed by atoms with van der Waals surface area (Å²) in [4.78, 5) is 12.4. The van der Waals surface area contributed by atoms with Crippen LogP contribution in [0.5, 0.6) is 0 Å². The van der Waals surface area contributed by atoms with Crippen LogP contribution in [-0.4, -0.2) is 24.2 Å². The van der Waals surface area contributed by atoms with Gasteiger partial charge >= 0.3 is 13.3 Å². The van der Waals surface area contributed by atoms with Crippen LogP contribution in [0.3, 0.4) is 0 Å². The van der Waals surface area contributed by atoms with E-state index in [1.54, 1.807) is 18.2 Å². The van der Waals surface area contributed by atoms with Gasteiger partial charge in [-0.2, -0.15) is 13.2 Å². The average molecular weight is 426 g/mol. The van der Waals surface area contributed by atoms with Gasteiger partial charge in [0, 0.05) is 21.7 Å². The van der Waals surface area contributed by atoms with Crippen molar-refractivity contribution in [3.05, 3.63) is 58.6 Å². The standard InChI is InChI=1S/C20H20BClF3NO3/c1-18(2)19(3,4)29-21(28-18)15-11-14(8-9-16(15)22)26-17(27)12-6-5-7-13(10-12)20(23,24)25/h5-11H,1-4H3,(H,26,27). The Balaban J connectivity index is 1.83. The van der Waals surface area contributed by atoms with Crippen LogP contribution in [0.4, 0.5) is 18.9 Å². The van der Waals surface area contributed by atoms with Gasteiger partial charge < -0.3 is 14.6 Å². The summed E-state index contributed by atoms with van der Waals surface area (Å²) >= 11 is 6.29. The number of anilines is 1. The normalized spacial score (nSPS) is 18.0. The maximum atomic E-state index is 12.9. The maximum absolute atomic E-state index is 12.9. The molecule has 0 bridgehead atoms. The first-order valence-corrected chi connectivity index (χ1v) is 9.32. The van der Waals surface area contributed by atoms with E-state index in [2.05, 4.69) is 5.32 Å². The van der Waals surface area contributed by atoms with E-state index in [4.69, 9.17) is 20.9 Å². The molecule has 0 aliphatic carbocycles. The van der Waals surface area contributed by atoms with Crippen molar-refractivity contribution in [3.8, 4) is 0 Å². The van der Waals surface area contributed by atoms with Gasteiger partial charge in [-0.1, -0.05) is 17.7 Å². The van der Waals surface area contributed by atoms with Crippen LogP contribution in [0.2, 0.25) is 5.02 Å². The molecule has 1 aliphatic rings. The number of carbonyl (C=O) groups is 1. The van der Waals surface area contributed by atoms with Crippen molar-refractivity contribution >= 4 is 35.8 Å². The molecule has 1 saturated heterocycles. The number of nitrogens with one attached hydrogen (secondary N) is 1. The molecule has 9 heteroatoms. The zero-order valence-electron chi connectivity index (χ0n) is 16.4. The van der Waals surface area contributed by atoms with E-state index < -0.39 is 36.0 Å². The fraction of sp³-hybridized carbons (Fsp3) is 0.350. The Morgan fingerprint density at radius 3 is 2.24 bits per heavy atom. The second kappa shape index (κ2) is 7.34. The highest BCUT2D eigenvalue weighted by atomic mass is 35.5. The summed E-state index contributed by atoms with van der Waals surface area (Å²) in [5.41, 5.74) is -1.25. The van der Waals surface area contributed by atoms with Crippen molar-refractivity contribution < 1.29 is 27.3 Å². The molecule has 2 aromatic rings. The molecule has 0 saturated carbocycles. The Morgan fingerprint density at radius 1 is 1.03 bits per heavy atom. The molecule has 1 amide bonds. The highest BCUT2D eigenvalue weighted by Gasteiger charge is 2.52. The van der Waals surface area contributed by atoms with Gasteiger partial charge in [0.05, 0.1) is 16.8 Å². The van der Waals surface area contributed by atoms with Gasteiger partial charge in [0.25, 0.3) is 5.91 Å². The minimum atomic E-state index is -4.53. The third-order valence-corrected chi connectivity index (χ3v) is 5.56. The van der Waals surface area contributed by atoms with Crippen molar-refractivity contribution in [1.82, 2.24) is 0 Å². The zero-order valence-corrected chi connectivity index (χ0v) is 17.1. The van der Waals surface area contributed by atoms with Crippen molar-refractivity contribution in [2.45, 2.75) is 45.1 Å². The zero-order chi connectivity index (χ0) is 21.6. The van der Waals surface area contributed by atoms with E-state index in [9.17, 15) is 18.0 Å². The molecule has 0 atom stereocenters. The van der Waals surface area contributed by atoms with E-state index in [0.29, 0.717) is 16.2 Å². The van der Waals surface area contributed by atoms with Gasteiger partial charge in [-0.05, 0) is 64.1 Å². The van der Waals surface area contributed by atoms with Gasteiger partial charge in [-0.3, -0.25) is 4.79 Å². The van der Waals surface area contributed by atoms with Gasteiger partial charge in [0.2, 0.25) is 0 Å². The molecule has 3 rings (SSSR count). The predicted molar refractivity (Wildman–Crippen MR) is 107 cm³/mol. The van der Waals surface area contributed by atoms with E-state index in [1.165, 1.54) is 12.1 Å². The van der Waals surface area contributed by atoms with Gasteiger partial charge in [-0.15, -0.1) is 0 Å². The third-order valence-electron chi connectivity index (χ3n) is 5.21. The van der Waals surface area contributed by atoms with Gasteiger partial charge in [0.15, 0.2) is 0 Å². The summed E-state index contributed by atoms with van der Waals surface area (Å²) in [6.45, 7) is 7.61. The summed E-state index contributed by atoms with van der Waals surface area (Å²) in [6.07, 6.45) is -4.53. The lowest BCUT2D eigenvalue weighted by Crippen LogP contribution is -2.41. The molecule has 2 aromatic carbocycles. The van der Waals surface area contributed by atoms with Crippen molar-refractivity contribution in [3.63, 3.8) is 0 Å². The van der Waals surface area contributed by atoms with Crippen LogP contribution >= 0.6 is 11.6 Å². The highest BCUT2D eigenvalue weighted by molar-refractivity contribution is 6.65. The first kappa shape index (κ1) is 21.7. The quantitative estimate of drug-likeness (QED) is 0.711. The largest absolute Gasteiger partial charge is 0.496 e. The maximum Gasteiger partial charge on any atom is 0.496 e. The van der Waals surface area contributed by atoms with Gasteiger partial charge in [-0.25, -0.2) is 0 Å². The fourth-order valence-electron chi connectivity index (χ4n) is 2.81. The number of hydrogen-bond donors (Lipinski definition) is 1. The Labute approximate surface area is 172 Å². The lowest BCUT2D eigenvalue weighted by atomic mass is 9.79. The number of carbonyl (C=O) groups excluding carboxylic acids is 1. The Hall–Kier alpha value is -2.03. The van der Waals surface area contributed by atoms with E-state index in [-0.39, 0.29) is 5.56 Å². The van der Waals surface area contributed by atoms with E-state index in [0.717, 1.165) is 12.1 Å². The number of halogens is 4. The first-order chi connectivity index (χ1) is 13.3. The summed E-state index contributed by atoms with van der Waals surface area (Å²) in [5.74, 6) is -0.668. The van der Waals surface area contributed by atoms with Crippen molar-refractivity contribution in [2.24, 2.45) is 0 Å². The average Bonchev–Trinajstić information content (AvgIpc) is 2.83. The Morgan fingerprint density at radius 2 is 1.66 bits per heavy atom. The van der Waals surface area contributed by atoms with E-state index >= 15 is 0 Å². The monoisotopic (exact) mass is 425 g/mol. The predicted octanol–water partition coefficient (Wildman–Crippen LogP) is 4.91. The van der Waals surface area contributed by atoms with Crippen molar-refractivity contribution in [1.29, 1.82) is 0 Å². The second-order valence-corrected chi connectivity index (χ2v) is 8.26. The summed E-state index contributed by atoms with van der Waals surface area (Å²) in [7, 11) is -0.738. The van der Waals surface area contributed by atoms with Crippen LogP contribution in [-0.2, 0) is 15.5 Å². The lowest BCUT2D eigenvalue weighted by molar-refractivity contribution is -0.137. The summed E-state index contributed by atoms with van der Waals surface area (Å²) in [5, 5.41) is 2.98. The molecule has 0 spiro atoms. The SMILES string of the molecule is CC1(C)OB(c2cc(NC(=O)c3cccc(C(F)(F)F)c3)ccc2Cl)OC1(C)C. The topological polar surface area (TPSA) is 47.6 Å². The Kier molecular flexibility index (Phi) is 5.49. The third kappa shape index (κ3) is 4.44. The van der Waals surface area contributed by atoms with Crippen molar-refractivity contribution in [2.75, 3.05) is 5.32 Å². The summed E-state index contributed by atoms with van der Waals surface area (Å²) in [6, 6.07) is 8.95. The smallest absolute Gasteiger partial charge is 0.399 e. The van der Waals surface area contributed by atoms with Crippen LogP contribution < -0.4 is 10.8 Å². The molecule has 0 aromatic heterocycles. The molecule has 0 radical (unpaired) electrons. The minimum Gasteiger partial charge on any atom is -0.399 e. The summed E-state index contributed by atoms with van der Waals surface area (Å²) < 4.78 is 50.6. The number of amides is 1. The first-order valence-electron chi connectivity index (χ1n) is 8.94. The Bertz CT molecular complexity index is 931. The molecular weight excluding hydrogens is 405 g/mol. The minimum absolute atomic E-state index is 0.105. The number of benzene rings is 2. The molecular formula is C20H20BClF3NO3. The fourth-order valence-corrected chi connectivity index (χ4v) is 3.02. The molecule has 1 fully saturated rings. The molecule has 29 heavy (non-hydrogen) atoms. The lowest BCUT2D eigenvalue weighted by Gasteiger charge is -2.32. The second-order valence-electron chi connectivity index (χ2n) is 7.86. The van der Waals surface area contributed by atoms with Gasteiger partial charge in [0.1, 0.15) is 0 Å². The molecule has 4 nitrogen and oxygen atoms in total.